The average Bonchev–Trinajstić information content (AvgIpc) is 2.53. The van der Waals surface area contributed by atoms with Crippen LogP contribution in [-0.2, 0) is 16.6 Å². The lowest BCUT2D eigenvalue weighted by Crippen LogP contribution is -2.62. The minimum Gasteiger partial charge on any atom is -0.377 e. The summed E-state index contributed by atoms with van der Waals surface area (Å²) in [5, 5.41) is 0. The second kappa shape index (κ2) is 5.32. The third kappa shape index (κ3) is 2.14. The SMILES string of the molecule is Cc1ccc2c(c1)[C@@]13CCCC[C@H]1[C@@H](C2)N(CC1CCO1)CC3. The number of rotatable bonds is 2. The molecule has 3 fully saturated rings. The molecule has 2 aliphatic heterocycles. The highest BCUT2D eigenvalue weighted by atomic mass is 16.5. The molecular formula is C21H29NO. The van der Waals surface area contributed by atoms with E-state index in [1.807, 2.05) is 0 Å². The van der Waals surface area contributed by atoms with E-state index >= 15 is 0 Å². The Morgan fingerprint density at radius 1 is 1.22 bits per heavy atom. The van der Waals surface area contributed by atoms with Crippen molar-refractivity contribution >= 4 is 0 Å². The maximum Gasteiger partial charge on any atom is 0.0724 e. The van der Waals surface area contributed by atoms with E-state index in [4.69, 9.17) is 4.74 Å². The van der Waals surface area contributed by atoms with Crippen molar-refractivity contribution in [2.75, 3.05) is 19.7 Å². The van der Waals surface area contributed by atoms with Gasteiger partial charge in [0, 0.05) is 24.6 Å². The molecule has 0 aromatic heterocycles. The number of ether oxygens (including phenoxy) is 1. The summed E-state index contributed by atoms with van der Waals surface area (Å²) in [4.78, 5) is 2.81. The zero-order valence-corrected chi connectivity index (χ0v) is 14.4. The van der Waals surface area contributed by atoms with Crippen LogP contribution in [0.4, 0.5) is 0 Å². The lowest BCUT2D eigenvalue weighted by molar-refractivity contribution is -0.0947. The van der Waals surface area contributed by atoms with Crippen LogP contribution in [0.5, 0.6) is 0 Å². The Bertz CT molecular complexity index is 608. The van der Waals surface area contributed by atoms with Gasteiger partial charge in [-0.15, -0.1) is 0 Å². The van der Waals surface area contributed by atoms with Crippen LogP contribution in [0, 0.1) is 12.8 Å². The van der Waals surface area contributed by atoms with Crippen molar-refractivity contribution in [2.24, 2.45) is 5.92 Å². The summed E-state index contributed by atoms with van der Waals surface area (Å²) in [6, 6.07) is 8.07. The predicted molar refractivity (Wildman–Crippen MR) is 92.9 cm³/mol. The lowest BCUT2D eigenvalue weighted by Gasteiger charge is -2.59. The van der Waals surface area contributed by atoms with Gasteiger partial charge in [-0.1, -0.05) is 36.6 Å². The van der Waals surface area contributed by atoms with Crippen LogP contribution >= 0.6 is 0 Å². The Labute approximate surface area is 140 Å². The first-order valence-electron chi connectivity index (χ1n) is 9.72. The highest BCUT2D eigenvalue weighted by Crippen LogP contribution is 2.55. The molecular weight excluding hydrogens is 282 g/mol. The van der Waals surface area contributed by atoms with Crippen LogP contribution in [0.25, 0.3) is 0 Å². The molecule has 2 saturated heterocycles. The molecule has 0 radical (unpaired) electrons. The fraction of sp³-hybridized carbons (Fsp3) is 0.714. The van der Waals surface area contributed by atoms with Crippen molar-refractivity contribution < 1.29 is 4.74 Å². The number of hydrogen-bond acceptors (Lipinski definition) is 2. The Hall–Kier alpha value is -0.860. The summed E-state index contributed by atoms with van der Waals surface area (Å²) in [5.41, 5.74) is 5.33. The second-order valence-electron chi connectivity index (χ2n) is 8.47. The molecule has 124 valence electrons. The Balaban J connectivity index is 1.54. The topological polar surface area (TPSA) is 12.5 Å². The predicted octanol–water partition coefficient (Wildman–Crippen LogP) is 3.84. The maximum atomic E-state index is 5.75. The van der Waals surface area contributed by atoms with Gasteiger partial charge in [0.05, 0.1) is 6.10 Å². The van der Waals surface area contributed by atoms with Crippen LogP contribution in [0.3, 0.4) is 0 Å². The molecule has 5 rings (SSSR count). The van der Waals surface area contributed by atoms with Crippen molar-refractivity contribution in [3.8, 4) is 0 Å². The van der Waals surface area contributed by atoms with Crippen molar-refractivity contribution in [3.05, 3.63) is 34.9 Å². The van der Waals surface area contributed by atoms with E-state index in [9.17, 15) is 0 Å². The van der Waals surface area contributed by atoms with Crippen LogP contribution < -0.4 is 0 Å². The minimum absolute atomic E-state index is 0.499. The molecule has 2 aliphatic carbocycles. The zero-order valence-electron chi connectivity index (χ0n) is 14.4. The molecule has 0 spiro atoms. The Morgan fingerprint density at radius 3 is 2.96 bits per heavy atom. The van der Waals surface area contributed by atoms with Gasteiger partial charge >= 0.3 is 0 Å². The number of likely N-dealkylation sites (tertiary alicyclic amines) is 1. The first kappa shape index (κ1) is 14.5. The lowest BCUT2D eigenvalue weighted by atomic mass is 9.52. The molecule has 1 unspecified atom stereocenters. The van der Waals surface area contributed by atoms with Gasteiger partial charge in [0.15, 0.2) is 0 Å². The third-order valence-electron chi connectivity index (χ3n) is 7.34. The summed E-state index contributed by atoms with van der Waals surface area (Å²) < 4.78 is 5.75. The van der Waals surface area contributed by atoms with Crippen molar-refractivity contribution in [3.63, 3.8) is 0 Å². The standard InChI is InChI=1S/C21H29NO/c1-15-5-6-16-13-20-18-4-2-3-8-21(18,19(16)12-15)9-10-22(20)14-17-7-11-23-17/h5-6,12,17-18,20H,2-4,7-11,13-14H2,1H3/t17?,18-,20+,21+/m0/s1. The maximum absolute atomic E-state index is 5.75. The van der Waals surface area contributed by atoms with Crippen molar-refractivity contribution in [1.29, 1.82) is 0 Å². The first-order valence-corrected chi connectivity index (χ1v) is 9.72. The number of fused-ring (bicyclic) bond motifs is 1. The summed E-state index contributed by atoms with van der Waals surface area (Å²) in [7, 11) is 0. The molecule has 1 aromatic carbocycles. The Kier molecular flexibility index (Phi) is 3.35. The van der Waals surface area contributed by atoms with Gasteiger partial charge in [0.2, 0.25) is 0 Å². The first-order chi connectivity index (χ1) is 11.3. The number of benzene rings is 1. The number of aryl methyl sites for hydroxylation is 1. The number of piperidine rings is 1. The van der Waals surface area contributed by atoms with E-state index in [1.54, 1.807) is 11.1 Å². The van der Waals surface area contributed by atoms with Gasteiger partial charge in [-0.05, 0) is 62.6 Å². The summed E-state index contributed by atoms with van der Waals surface area (Å²) >= 11 is 0. The molecule has 23 heavy (non-hydrogen) atoms. The molecule has 1 saturated carbocycles. The fourth-order valence-electron chi connectivity index (χ4n) is 6.12. The summed E-state index contributed by atoms with van der Waals surface area (Å²) in [5.74, 6) is 0.888. The van der Waals surface area contributed by atoms with Gasteiger partial charge in [-0.25, -0.2) is 0 Å². The van der Waals surface area contributed by atoms with Gasteiger partial charge < -0.3 is 4.74 Å². The highest BCUT2D eigenvalue weighted by Gasteiger charge is 2.53. The molecule has 0 amide bonds. The van der Waals surface area contributed by atoms with Gasteiger partial charge in [0.1, 0.15) is 0 Å². The van der Waals surface area contributed by atoms with Crippen LogP contribution in [0.15, 0.2) is 18.2 Å². The monoisotopic (exact) mass is 311 g/mol. The van der Waals surface area contributed by atoms with Crippen molar-refractivity contribution in [1.82, 2.24) is 4.90 Å². The molecule has 1 aromatic rings. The highest BCUT2D eigenvalue weighted by molar-refractivity contribution is 5.43. The molecule has 2 bridgehead atoms. The van der Waals surface area contributed by atoms with E-state index in [-0.39, 0.29) is 0 Å². The van der Waals surface area contributed by atoms with Crippen LogP contribution in [0.1, 0.15) is 55.2 Å². The largest absolute Gasteiger partial charge is 0.377 e. The Morgan fingerprint density at radius 2 is 2.13 bits per heavy atom. The normalized spacial score (nSPS) is 39.3. The van der Waals surface area contributed by atoms with Crippen LogP contribution in [0.2, 0.25) is 0 Å². The van der Waals surface area contributed by atoms with Gasteiger partial charge in [0.25, 0.3) is 0 Å². The van der Waals surface area contributed by atoms with Gasteiger partial charge in [-0.3, -0.25) is 4.90 Å². The van der Waals surface area contributed by atoms with Crippen molar-refractivity contribution in [2.45, 2.75) is 69.4 Å². The molecule has 2 heterocycles. The molecule has 0 N–H and O–H groups in total. The molecule has 4 atom stereocenters. The number of hydrogen-bond donors (Lipinski definition) is 0. The third-order valence-corrected chi connectivity index (χ3v) is 7.34. The van der Waals surface area contributed by atoms with Crippen LogP contribution in [-0.4, -0.2) is 36.7 Å². The summed E-state index contributed by atoms with van der Waals surface area (Å²) in [6.07, 6.45) is 10.2. The fourth-order valence-corrected chi connectivity index (χ4v) is 6.12. The minimum atomic E-state index is 0.499. The molecule has 4 aliphatic rings. The quantitative estimate of drug-likeness (QED) is 0.823. The average molecular weight is 311 g/mol. The zero-order chi connectivity index (χ0) is 15.4. The van der Waals surface area contributed by atoms with Gasteiger partial charge in [-0.2, -0.15) is 0 Å². The summed E-state index contributed by atoms with van der Waals surface area (Å²) in [6.45, 7) is 5.72. The van der Waals surface area contributed by atoms with E-state index in [0.29, 0.717) is 11.5 Å². The van der Waals surface area contributed by atoms with E-state index < -0.39 is 0 Å². The smallest absolute Gasteiger partial charge is 0.0724 e. The molecule has 2 heteroatoms. The van der Waals surface area contributed by atoms with E-state index in [0.717, 1.165) is 18.6 Å². The molecule has 2 nitrogen and oxygen atoms in total. The van der Waals surface area contributed by atoms with E-state index in [2.05, 4.69) is 30.0 Å². The second-order valence-corrected chi connectivity index (χ2v) is 8.47. The van der Waals surface area contributed by atoms with E-state index in [1.165, 1.54) is 63.6 Å². The number of nitrogens with zero attached hydrogens (tertiary/aromatic N) is 1.